The molecule has 0 aliphatic heterocycles. The molecule has 4 aromatic carbocycles. The standard InChI is InChI=1S/C46H43BrS2/c1-36(12-10-14-38-22-32-45(48-3)33-23-38)20-26-41(40-16-6-5-7-17-40)18-8-9-19-42(43-28-30-44(47)31-29-43)27-21-37(2)13-11-15-39-24-34-46(49-4)35-25-39/h5-35H,1-4H3/b9-8+,14-10+,15-11+,26-20+,27-21+,36-12+,37-13+,41-18-,42-19-. The Morgan fingerprint density at radius 1 is 0.469 bits per heavy atom. The highest BCUT2D eigenvalue weighted by Crippen LogP contribution is 2.22. The number of thioether (sulfide) groups is 2. The second-order valence-corrected chi connectivity index (χ2v) is 13.9. The lowest BCUT2D eigenvalue weighted by Crippen LogP contribution is -1.81. The van der Waals surface area contributed by atoms with E-state index in [0.29, 0.717) is 0 Å². The van der Waals surface area contributed by atoms with Crippen molar-refractivity contribution in [1.82, 2.24) is 0 Å². The van der Waals surface area contributed by atoms with E-state index in [4.69, 9.17) is 0 Å². The third kappa shape index (κ3) is 13.6. The third-order valence-electron chi connectivity index (χ3n) is 7.53. The molecule has 0 N–H and O–H groups in total. The second kappa shape index (κ2) is 20.9. The van der Waals surface area contributed by atoms with E-state index in [1.54, 1.807) is 23.5 Å². The van der Waals surface area contributed by atoms with Crippen LogP contribution in [0.3, 0.4) is 0 Å². The zero-order chi connectivity index (χ0) is 34.7. The summed E-state index contributed by atoms with van der Waals surface area (Å²) in [4.78, 5) is 2.55. The fourth-order valence-corrected chi connectivity index (χ4v) is 5.77. The maximum Gasteiger partial charge on any atom is 0.0175 e. The molecule has 0 amide bonds. The second-order valence-electron chi connectivity index (χ2n) is 11.3. The Morgan fingerprint density at radius 3 is 1.33 bits per heavy atom. The van der Waals surface area contributed by atoms with Crippen LogP contribution in [0, 0.1) is 0 Å². The summed E-state index contributed by atoms with van der Waals surface area (Å²) in [5, 5.41) is 0. The molecular weight excluding hydrogens is 697 g/mol. The monoisotopic (exact) mass is 738 g/mol. The fraction of sp³-hybridized carbons (Fsp3) is 0.0870. The smallest absolute Gasteiger partial charge is 0.0175 e. The van der Waals surface area contributed by atoms with Crippen molar-refractivity contribution < 1.29 is 0 Å². The molecule has 0 fully saturated rings. The minimum Gasteiger partial charge on any atom is -0.130 e. The van der Waals surface area contributed by atoms with Gasteiger partial charge in [-0.05, 0) is 96.2 Å². The van der Waals surface area contributed by atoms with Gasteiger partial charge in [0.1, 0.15) is 0 Å². The first kappa shape index (κ1) is 37.5. The molecule has 0 aliphatic carbocycles. The number of hydrogen-bond acceptors (Lipinski definition) is 2. The summed E-state index contributed by atoms with van der Waals surface area (Å²) in [7, 11) is 0. The first-order valence-electron chi connectivity index (χ1n) is 16.2. The number of halogens is 1. The van der Waals surface area contributed by atoms with Crippen molar-refractivity contribution in [2.45, 2.75) is 23.6 Å². The molecule has 0 aliphatic rings. The van der Waals surface area contributed by atoms with Crippen molar-refractivity contribution in [3.05, 3.63) is 214 Å². The number of allylic oxidation sites excluding steroid dienone is 16. The third-order valence-corrected chi connectivity index (χ3v) is 9.54. The van der Waals surface area contributed by atoms with Gasteiger partial charge in [0.25, 0.3) is 0 Å². The molecule has 0 atom stereocenters. The molecule has 4 aromatic rings. The van der Waals surface area contributed by atoms with E-state index < -0.39 is 0 Å². The van der Waals surface area contributed by atoms with Crippen molar-refractivity contribution in [2.75, 3.05) is 12.5 Å². The van der Waals surface area contributed by atoms with Gasteiger partial charge in [-0.1, -0.05) is 179 Å². The molecule has 0 nitrogen and oxygen atoms in total. The largest absolute Gasteiger partial charge is 0.130 e. The lowest BCUT2D eigenvalue weighted by Gasteiger charge is -2.03. The zero-order valence-electron chi connectivity index (χ0n) is 28.6. The summed E-state index contributed by atoms with van der Waals surface area (Å²) in [6, 6.07) is 36.2. The maximum atomic E-state index is 3.58. The van der Waals surface area contributed by atoms with Crippen molar-refractivity contribution in [2.24, 2.45) is 0 Å². The molecule has 4 rings (SSSR count). The Labute approximate surface area is 311 Å². The summed E-state index contributed by atoms with van der Waals surface area (Å²) in [6.45, 7) is 4.26. The van der Waals surface area contributed by atoms with E-state index in [2.05, 4.69) is 230 Å². The Morgan fingerprint density at radius 2 is 0.898 bits per heavy atom. The van der Waals surface area contributed by atoms with Gasteiger partial charge in [0.15, 0.2) is 0 Å². The van der Waals surface area contributed by atoms with Gasteiger partial charge in [-0.25, -0.2) is 0 Å². The lowest BCUT2D eigenvalue weighted by atomic mass is 10.0. The van der Waals surface area contributed by atoms with Gasteiger partial charge in [0.05, 0.1) is 0 Å². The van der Waals surface area contributed by atoms with Crippen LogP contribution in [0.5, 0.6) is 0 Å². The summed E-state index contributed by atoms with van der Waals surface area (Å²) < 4.78 is 1.06. The number of rotatable bonds is 14. The van der Waals surface area contributed by atoms with Gasteiger partial charge in [0, 0.05) is 14.3 Å². The molecule has 3 heteroatoms. The summed E-state index contributed by atoms with van der Waals surface area (Å²) >= 11 is 7.09. The highest BCUT2D eigenvalue weighted by molar-refractivity contribution is 9.10. The highest BCUT2D eigenvalue weighted by Gasteiger charge is 1.99. The molecule has 0 spiro atoms. The number of benzene rings is 4. The Kier molecular flexibility index (Phi) is 16.0. The summed E-state index contributed by atoms with van der Waals surface area (Å²) in [6.07, 6.45) is 34.3. The molecule has 0 bridgehead atoms. The lowest BCUT2D eigenvalue weighted by molar-refractivity contribution is 1.45. The molecule has 49 heavy (non-hydrogen) atoms. The Balaban J connectivity index is 1.52. The van der Waals surface area contributed by atoms with E-state index in [1.807, 2.05) is 0 Å². The Hall–Kier alpha value is -4.28. The van der Waals surface area contributed by atoms with Gasteiger partial charge in [0.2, 0.25) is 0 Å². The Bertz CT molecular complexity index is 1890. The molecule has 0 aromatic heterocycles. The van der Waals surface area contributed by atoms with Crippen LogP contribution in [0.1, 0.15) is 36.1 Å². The highest BCUT2D eigenvalue weighted by atomic mass is 79.9. The van der Waals surface area contributed by atoms with Crippen molar-refractivity contribution in [3.8, 4) is 0 Å². The van der Waals surface area contributed by atoms with Crippen LogP contribution in [-0.2, 0) is 0 Å². The molecular formula is C46H43BrS2. The summed E-state index contributed by atoms with van der Waals surface area (Å²) in [5.74, 6) is 0. The van der Waals surface area contributed by atoms with E-state index in [9.17, 15) is 0 Å². The van der Waals surface area contributed by atoms with E-state index in [-0.39, 0.29) is 0 Å². The minimum atomic E-state index is 1.06. The van der Waals surface area contributed by atoms with Crippen LogP contribution < -0.4 is 0 Å². The van der Waals surface area contributed by atoms with E-state index in [1.165, 1.54) is 37.6 Å². The van der Waals surface area contributed by atoms with Gasteiger partial charge in [-0.15, -0.1) is 23.5 Å². The fourth-order valence-electron chi connectivity index (χ4n) is 4.69. The zero-order valence-corrected chi connectivity index (χ0v) is 31.8. The topological polar surface area (TPSA) is 0 Å². The van der Waals surface area contributed by atoms with Gasteiger partial charge in [-0.2, -0.15) is 0 Å². The van der Waals surface area contributed by atoms with Crippen molar-refractivity contribution in [1.29, 1.82) is 0 Å². The van der Waals surface area contributed by atoms with Gasteiger partial charge in [-0.3, -0.25) is 0 Å². The van der Waals surface area contributed by atoms with Crippen molar-refractivity contribution >= 4 is 62.8 Å². The van der Waals surface area contributed by atoms with Gasteiger partial charge < -0.3 is 0 Å². The average molecular weight is 740 g/mol. The summed E-state index contributed by atoms with van der Waals surface area (Å²) in [5.41, 5.74) is 9.34. The molecule has 246 valence electrons. The van der Waals surface area contributed by atoms with Crippen LogP contribution in [0.4, 0.5) is 0 Å². The predicted octanol–water partition coefficient (Wildman–Crippen LogP) is 14.3. The molecule has 0 saturated carbocycles. The minimum absolute atomic E-state index is 1.06. The van der Waals surface area contributed by atoms with E-state index in [0.717, 1.165) is 21.2 Å². The maximum absolute atomic E-state index is 3.58. The quantitative estimate of drug-likeness (QED) is 0.0933. The molecule has 0 unspecified atom stereocenters. The van der Waals surface area contributed by atoms with E-state index >= 15 is 0 Å². The van der Waals surface area contributed by atoms with Crippen LogP contribution in [-0.4, -0.2) is 12.5 Å². The molecule has 0 radical (unpaired) electrons. The molecule has 0 heterocycles. The van der Waals surface area contributed by atoms with Crippen LogP contribution in [0.25, 0.3) is 23.3 Å². The number of hydrogen-bond donors (Lipinski definition) is 0. The van der Waals surface area contributed by atoms with Crippen LogP contribution >= 0.6 is 39.5 Å². The average Bonchev–Trinajstić information content (AvgIpc) is 3.14. The normalized spacial score (nSPS) is 13.7. The predicted molar refractivity (Wildman–Crippen MR) is 226 cm³/mol. The first-order chi connectivity index (χ1) is 23.9. The van der Waals surface area contributed by atoms with Crippen molar-refractivity contribution in [3.63, 3.8) is 0 Å². The van der Waals surface area contributed by atoms with Crippen LogP contribution in [0.2, 0.25) is 0 Å². The first-order valence-corrected chi connectivity index (χ1v) is 19.4. The van der Waals surface area contributed by atoms with Crippen LogP contribution in [0.15, 0.2) is 201 Å². The van der Waals surface area contributed by atoms with Gasteiger partial charge >= 0.3 is 0 Å². The molecule has 0 saturated heterocycles. The SMILES string of the molecule is CSc1ccc(/C=C/C=C(C)/C=C/C(=C/C=C/C=C(/C=C/C(C)=C/C=C/c2ccc(SC)cc2)c2ccc(Br)cc2)c2ccccc2)cc1.